The van der Waals surface area contributed by atoms with Gasteiger partial charge in [0.05, 0.1) is 6.10 Å². The van der Waals surface area contributed by atoms with Crippen molar-refractivity contribution in [2.24, 2.45) is 0 Å². The van der Waals surface area contributed by atoms with Crippen molar-refractivity contribution in [3.63, 3.8) is 0 Å². The second kappa shape index (κ2) is 7.20. The van der Waals surface area contributed by atoms with E-state index in [0.29, 0.717) is 12.8 Å². The Balaban J connectivity index is 2.34. The number of carboxylic acids is 1. The quantitative estimate of drug-likeness (QED) is 0.666. The molecule has 0 spiro atoms. The van der Waals surface area contributed by atoms with Crippen LogP contribution >= 0.6 is 0 Å². The lowest BCUT2D eigenvalue weighted by Gasteiger charge is -2.17. The Bertz CT molecular complexity index is 296. The van der Waals surface area contributed by atoms with Gasteiger partial charge in [-0.25, -0.2) is 9.59 Å². The zero-order valence-electron chi connectivity index (χ0n) is 10.9. The molecule has 3 atom stereocenters. The molecule has 0 bridgehead atoms. The SMILES string of the molecule is CCC[C@H](NC(=O)NC1CCC(OC)C1)C(=O)O. The molecule has 0 radical (unpaired) electrons. The number of ether oxygens (including phenoxy) is 1. The zero-order valence-corrected chi connectivity index (χ0v) is 10.9. The van der Waals surface area contributed by atoms with E-state index in [9.17, 15) is 9.59 Å². The lowest BCUT2D eigenvalue weighted by Crippen LogP contribution is -2.48. The van der Waals surface area contributed by atoms with Crippen molar-refractivity contribution >= 4 is 12.0 Å². The molecular weight excluding hydrogens is 236 g/mol. The Hall–Kier alpha value is -1.30. The summed E-state index contributed by atoms with van der Waals surface area (Å²) in [5.74, 6) is -0.992. The van der Waals surface area contributed by atoms with Crippen molar-refractivity contribution in [3.05, 3.63) is 0 Å². The Kier molecular flexibility index (Phi) is 5.91. The van der Waals surface area contributed by atoms with E-state index in [1.165, 1.54) is 0 Å². The molecule has 104 valence electrons. The van der Waals surface area contributed by atoms with Gasteiger partial charge in [0.2, 0.25) is 0 Å². The molecule has 6 nitrogen and oxygen atoms in total. The van der Waals surface area contributed by atoms with Crippen LogP contribution < -0.4 is 10.6 Å². The van der Waals surface area contributed by atoms with Crippen LogP contribution in [0.1, 0.15) is 39.0 Å². The zero-order chi connectivity index (χ0) is 13.5. The number of carbonyl (C=O) groups is 2. The number of methoxy groups -OCH3 is 1. The molecular formula is C12H22N2O4. The summed E-state index contributed by atoms with van der Waals surface area (Å²) in [7, 11) is 1.66. The van der Waals surface area contributed by atoms with Crippen molar-refractivity contribution in [3.8, 4) is 0 Å². The number of aliphatic carboxylic acids is 1. The van der Waals surface area contributed by atoms with Crippen LogP contribution in [0.15, 0.2) is 0 Å². The molecule has 0 saturated heterocycles. The largest absolute Gasteiger partial charge is 0.480 e. The van der Waals surface area contributed by atoms with Gasteiger partial charge < -0.3 is 20.5 Å². The topological polar surface area (TPSA) is 87.7 Å². The summed E-state index contributed by atoms with van der Waals surface area (Å²) in [6, 6.07) is -1.14. The van der Waals surface area contributed by atoms with Gasteiger partial charge in [0, 0.05) is 13.2 Å². The number of hydrogen-bond donors (Lipinski definition) is 3. The molecule has 2 amide bonds. The van der Waals surface area contributed by atoms with Crippen LogP contribution in [-0.4, -0.2) is 42.4 Å². The van der Waals surface area contributed by atoms with E-state index >= 15 is 0 Å². The highest BCUT2D eigenvalue weighted by atomic mass is 16.5. The van der Waals surface area contributed by atoms with Gasteiger partial charge in [-0.3, -0.25) is 0 Å². The van der Waals surface area contributed by atoms with Gasteiger partial charge in [-0.05, 0) is 25.7 Å². The first kappa shape index (κ1) is 14.8. The average Bonchev–Trinajstić information content (AvgIpc) is 2.76. The number of carbonyl (C=O) groups excluding carboxylic acids is 1. The minimum absolute atomic E-state index is 0.0750. The third-order valence-electron chi connectivity index (χ3n) is 3.23. The van der Waals surface area contributed by atoms with Crippen LogP contribution in [0.25, 0.3) is 0 Å². The van der Waals surface area contributed by atoms with E-state index < -0.39 is 18.0 Å². The van der Waals surface area contributed by atoms with Gasteiger partial charge in [-0.15, -0.1) is 0 Å². The highest BCUT2D eigenvalue weighted by Crippen LogP contribution is 2.21. The number of amides is 2. The minimum atomic E-state index is -0.992. The van der Waals surface area contributed by atoms with Crippen molar-refractivity contribution in [1.82, 2.24) is 10.6 Å². The fourth-order valence-electron chi connectivity index (χ4n) is 2.22. The Morgan fingerprint density at radius 3 is 2.67 bits per heavy atom. The summed E-state index contributed by atoms with van der Waals surface area (Å²) < 4.78 is 5.22. The maximum atomic E-state index is 11.7. The fraction of sp³-hybridized carbons (Fsp3) is 0.833. The van der Waals surface area contributed by atoms with E-state index in [-0.39, 0.29) is 12.1 Å². The summed E-state index contributed by atoms with van der Waals surface area (Å²) in [6.45, 7) is 1.88. The van der Waals surface area contributed by atoms with Crippen LogP contribution in [-0.2, 0) is 9.53 Å². The molecule has 2 unspecified atom stereocenters. The molecule has 1 aliphatic carbocycles. The molecule has 0 aliphatic heterocycles. The summed E-state index contributed by atoms with van der Waals surface area (Å²) in [5.41, 5.74) is 0. The average molecular weight is 258 g/mol. The van der Waals surface area contributed by atoms with Gasteiger partial charge >= 0.3 is 12.0 Å². The predicted octanol–water partition coefficient (Wildman–Crippen LogP) is 1.11. The molecule has 3 N–H and O–H groups in total. The maximum absolute atomic E-state index is 11.7. The predicted molar refractivity (Wildman–Crippen MR) is 66.4 cm³/mol. The lowest BCUT2D eigenvalue weighted by atomic mass is 10.2. The third-order valence-corrected chi connectivity index (χ3v) is 3.23. The molecule has 1 fully saturated rings. The Morgan fingerprint density at radius 2 is 2.17 bits per heavy atom. The number of urea groups is 1. The van der Waals surface area contributed by atoms with E-state index in [0.717, 1.165) is 19.3 Å². The van der Waals surface area contributed by atoms with Gasteiger partial charge in [0.25, 0.3) is 0 Å². The van der Waals surface area contributed by atoms with E-state index in [1.807, 2.05) is 6.92 Å². The summed E-state index contributed by atoms with van der Waals surface area (Å²) >= 11 is 0. The minimum Gasteiger partial charge on any atom is -0.480 e. The number of nitrogens with one attached hydrogen (secondary N) is 2. The molecule has 0 heterocycles. The van der Waals surface area contributed by atoms with Crippen molar-refractivity contribution in [2.75, 3.05) is 7.11 Å². The van der Waals surface area contributed by atoms with Crippen molar-refractivity contribution in [1.29, 1.82) is 0 Å². The van der Waals surface area contributed by atoms with Crippen LogP contribution in [0, 0.1) is 0 Å². The molecule has 1 saturated carbocycles. The second-order valence-corrected chi connectivity index (χ2v) is 4.66. The second-order valence-electron chi connectivity index (χ2n) is 4.66. The molecule has 0 aromatic carbocycles. The van der Waals surface area contributed by atoms with Crippen LogP contribution in [0.5, 0.6) is 0 Å². The molecule has 0 aromatic heterocycles. The summed E-state index contributed by atoms with van der Waals surface area (Å²) in [4.78, 5) is 22.6. The molecule has 0 aromatic rings. The normalized spacial score (nSPS) is 24.6. The fourth-order valence-corrected chi connectivity index (χ4v) is 2.22. The first-order valence-corrected chi connectivity index (χ1v) is 6.39. The van der Waals surface area contributed by atoms with Gasteiger partial charge in [0.1, 0.15) is 6.04 Å². The number of rotatable bonds is 6. The molecule has 1 aliphatic rings. The van der Waals surface area contributed by atoms with Crippen LogP contribution in [0.3, 0.4) is 0 Å². The molecule has 1 rings (SSSR count). The van der Waals surface area contributed by atoms with Crippen molar-refractivity contribution < 1.29 is 19.4 Å². The van der Waals surface area contributed by atoms with E-state index in [2.05, 4.69) is 10.6 Å². The first-order valence-electron chi connectivity index (χ1n) is 6.39. The highest BCUT2D eigenvalue weighted by Gasteiger charge is 2.27. The number of carboxylic acid groups (broad SMARTS) is 1. The van der Waals surface area contributed by atoms with Crippen molar-refractivity contribution in [2.45, 2.75) is 57.2 Å². The third kappa shape index (κ3) is 4.52. The van der Waals surface area contributed by atoms with Crippen LogP contribution in [0.4, 0.5) is 4.79 Å². The highest BCUT2D eigenvalue weighted by molar-refractivity contribution is 5.82. The standard InChI is InChI=1S/C12H22N2O4/c1-3-4-10(11(15)16)14-12(17)13-8-5-6-9(7-8)18-2/h8-10H,3-7H2,1-2H3,(H,15,16)(H2,13,14,17)/t8?,9?,10-/m0/s1. The van der Waals surface area contributed by atoms with Gasteiger partial charge in [-0.1, -0.05) is 13.3 Å². The Morgan fingerprint density at radius 1 is 1.44 bits per heavy atom. The van der Waals surface area contributed by atoms with E-state index in [1.54, 1.807) is 7.11 Å². The first-order chi connectivity index (χ1) is 8.56. The van der Waals surface area contributed by atoms with Gasteiger partial charge in [0.15, 0.2) is 0 Å². The summed E-state index contributed by atoms with van der Waals surface area (Å²) in [5, 5.41) is 14.2. The number of hydrogen-bond acceptors (Lipinski definition) is 3. The van der Waals surface area contributed by atoms with E-state index in [4.69, 9.17) is 9.84 Å². The van der Waals surface area contributed by atoms with Gasteiger partial charge in [-0.2, -0.15) is 0 Å². The smallest absolute Gasteiger partial charge is 0.326 e. The summed E-state index contributed by atoms with van der Waals surface area (Å²) in [6.07, 6.45) is 3.94. The Labute approximate surface area is 107 Å². The molecule has 18 heavy (non-hydrogen) atoms. The lowest BCUT2D eigenvalue weighted by molar-refractivity contribution is -0.139. The molecule has 6 heteroatoms. The van der Waals surface area contributed by atoms with Crippen LogP contribution in [0.2, 0.25) is 0 Å². The maximum Gasteiger partial charge on any atom is 0.326 e. The monoisotopic (exact) mass is 258 g/mol.